The Hall–Kier alpha value is -3.17. The van der Waals surface area contributed by atoms with E-state index in [-0.39, 0.29) is 12.8 Å². The van der Waals surface area contributed by atoms with E-state index in [1.165, 1.54) is 0 Å². The summed E-state index contributed by atoms with van der Waals surface area (Å²) in [5.41, 5.74) is 4.03. The number of ether oxygens (including phenoxy) is 1. The number of halogens is 2. The van der Waals surface area contributed by atoms with Gasteiger partial charge in [0.15, 0.2) is 0 Å². The lowest BCUT2D eigenvalue weighted by molar-refractivity contribution is -0.147. The number of hydrogen-bond acceptors (Lipinski definition) is 5. The molecule has 0 N–H and O–H groups in total. The Morgan fingerprint density at radius 1 is 1.07 bits per heavy atom. The van der Waals surface area contributed by atoms with E-state index in [1.54, 1.807) is 9.58 Å². The molecule has 1 amide bonds. The van der Waals surface area contributed by atoms with E-state index in [0.717, 1.165) is 22.3 Å². The zero-order chi connectivity index (χ0) is 20.9. The van der Waals surface area contributed by atoms with Crippen molar-refractivity contribution in [2.75, 3.05) is 31.1 Å². The number of rotatable bonds is 3. The summed E-state index contributed by atoms with van der Waals surface area (Å²) in [5.74, 6) is -2.69. The molecule has 30 heavy (non-hydrogen) atoms. The molecule has 1 aliphatic heterocycles. The van der Waals surface area contributed by atoms with Crippen LogP contribution in [0.1, 0.15) is 12.8 Å². The second kappa shape index (κ2) is 6.96. The molecule has 2 aliphatic rings. The van der Waals surface area contributed by atoms with Crippen LogP contribution in [0.3, 0.4) is 0 Å². The molecule has 0 radical (unpaired) electrons. The monoisotopic (exact) mass is 416 g/mol. The molecule has 0 aromatic carbocycles. The smallest absolute Gasteiger partial charge is 0.410 e. The lowest BCUT2D eigenvalue weighted by atomic mass is 9.91. The first-order valence-electron chi connectivity index (χ1n) is 9.93. The number of piperazine rings is 1. The third-order valence-electron chi connectivity index (χ3n) is 5.73. The maximum absolute atomic E-state index is 12.9. The minimum atomic E-state index is -2.69. The Bertz CT molecular complexity index is 1080. The van der Waals surface area contributed by atoms with Crippen LogP contribution in [0.5, 0.6) is 0 Å². The van der Waals surface area contributed by atoms with Gasteiger partial charge in [-0.1, -0.05) is 6.07 Å². The highest BCUT2D eigenvalue weighted by Gasteiger charge is 2.48. The summed E-state index contributed by atoms with van der Waals surface area (Å²) in [6, 6.07) is 4.07. The summed E-state index contributed by atoms with van der Waals surface area (Å²) < 4.78 is 34.6. The Balaban J connectivity index is 1.23. The zero-order valence-corrected chi connectivity index (χ0v) is 16.5. The molecule has 10 heteroatoms. The average Bonchev–Trinajstić information content (AvgIpc) is 3.32. The molecule has 0 bridgehead atoms. The number of amides is 1. The third-order valence-corrected chi connectivity index (χ3v) is 5.73. The minimum absolute atomic E-state index is 0.373. The zero-order valence-electron chi connectivity index (χ0n) is 16.5. The molecule has 158 valence electrons. The lowest BCUT2D eigenvalue weighted by Gasteiger charge is -2.38. The first-order valence-corrected chi connectivity index (χ1v) is 9.93. The van der Waals surface area contributed by atoms with Crippen LogP contribution >= 0.6 is 0 Å². The van der Waals surface area contributed by atoms with Gasteiger partial charge in [-0.2, -0.15) is 10.2 Å². The topological polar surface area (TPSA) is 67.9 Å². The van der Waals surface area contributed by atoms with Gasteiger partial charge in [-0.25, -0.2) is 18.1 Å². The highest BCUT2D eigenvalue weighted by atomic mass is 19.3. The molecule has 5 rings (SSSR count). The van der Waals surface area contributed by atoms with Gasteiger partial charge >= 0.3 is 6.09 Å². The van der Waals surface area contributed by atoms with Crippen LogP contribution in [0.2, 0.25) is 0 Å². The minimum Gasteiger partial charge on any atom is -0.446 e. The van der Waals surface area contributed by atoms with E-state index < -0.39 is 18.1 Å². The highest BCUT2D eigenvalue weighted by Crippen LogP contribution is 2.39. The predicted octanol–water partition coefficient (Wildman–Crippen LogP) is 2.79. The van der Waals surface area contributed by atoms with Crippen molar-refractivity contribution in [1.29, 1.82) is 0 Å². The summed E-state index contributed by atoms with van der Waals surface area (Å²) >= 11 is 0. The second-order valence-electron chi connectivity index (χ2n) is 7.92. The van der Waals surface area contributed by atoms with Gasteiger partial charge in [0.25, 0.3) is 5.92 Å². The summed E-state index contributed by atoms with van der Waals surface area (Å²) in [4.78, 5) is 16.0. The highest BCUT2D eigenvalue weighted by molar-refractivity contribution is 5.76. The van der Waals surface area contributed by atoms with E-state index in [2.05, 4.69) is 15.1 Å². The van der Waals surface area contributed by atoms with E-state index in [1.807, 2.05) is 48.5 Å². The summed E-state index contributed by atoms with van der Waals surface area (Å²) in [6.45, 7) is 2.21. The largest absolute Gasteiger partial charge is 0.446 e. The van der Waals surface area contributed by atoms with E-state index in [9.17, 15) is 13.6 Å². The van der Waals surface area contributed by atoms with Crippen molar-refractivity contribution in [3.8, 4) is 11.1 Å². The van der Waals surface area contributed by atoms with Gasteiger partial charge in [0.05, 0.1) is 23.6 Å². The van der Waals surface area contributed by atoms with Gasteiger partial charge < -0.3 is 14.5 Å². The Kier molecular flexibility index (Phi) is 4.37. The Morgan fingerprint density at radius 3 is 2.50 bits per heavy atom. The molecular weight excluding hydrogens is 394 g/mol. The van der Waals surface area contributed by atoms with Gasteiger partial charge in [-0.3, -0.25) is 4.68 Å². The molecule has 1 saturated carbocycles. The molecule has 1 aliphatic carbocycles. The maximum Gasteiger partial charge on any atom is 0.410 e. The molecule has 3 aromatic rings. The SMILES string of the molecule is Cn1cc(-c2ccc3c(N4CCN(C(=O)OC5CC(F)(F)C5)CC4)cnn3c2)cn1. The normalized spacial score (nSPS) is 19.2. The van der Waals surface area contributed by atoms with Crippen LogP contribution in [0.15, 0.2) is 36.9 Å². The van der Waals surface area contributed by atoms with Crippen molar-refractivity contribution in [3.63, 3.8) is 0 Å². The fourth-order valence-corrected chi connectivity index (χ4v) is 3.99. The van der Waals surface area contributed by atoms with Crippen molar-refractivity contribution in [2.24, 2.45) is 7.05 Å². The first-order chi connectivity index (χ1) is 14.4. The Labute approximate surface area is 171 Å². The van der Waals surface area contributed by atoms with Crippen molar-refractivity contribution >= 4 is 17.3 Å². The summed E-state index contributed by atoms with van der Waals surface area (Å²) in [5, 5.41) is 8.69. The number of anilines is 1. The Morgan fingerprint density at radius 2 is 1.83 bits per heavy atom. The quantitative estimate of drug-likeness (QED) is 0.657. The molecule has 8 nitrogen and oxygen atoms in total. The molecule has 1 saturated heterocycles. The van der Waals surface area contributed by atoms with Gasteiger partial charge in [0, 0.05) is 69.6 Å². The van der Waals surface area contributed by atoms with Crippen LogP contribution in [-0.2, 0) is 11.8 Å². The third kappa shape index (κ3) is 3.46. The van der Waals surface area contributed by atoms with Crippen LogP contribution < -0.4 is 4.90 Å². The van der Waals surface area contributed by atoms with Gasteiger partial charge in [0.2, 0.25) is 0 Å². The summed E-state index contributed by atoms with van der Waals surface area (Å²) in [6.07, 6.45) is 5.65. The average molecular weight is 416 g/mol. The lowest BCUT2D eigenvalue weighted by Crippen LogP contribution is -2.51. The fraction of sp³-hybridized carbons (Fsp3) is 0.450. The number of alkyl halides is 2. The number of nitrogens with zero attached hydrogens (tertiary/aromatic N) is 6. The van der Waals surface area contributed by atoms with Crippen molar-refractivity contribution in [2.45, 2.75) is 24.9 Å². The van der Waals surface area contributed by atoms with Crippen molar-refractivity contribution in [1.82, 2.24) is 24.3 Å². The van der Waals surface area contributed by atoms with Crippen molar-refractivity contribution in [3.05, 3.63) is 36.9 Å². The molecule has 2 fully saturated rings. The number of aryl methyl sites for hydroxylation is 1. The van der Waals surface area contributed by atoms with Crippen LogP contribution in [-0.4, -0.2) is 68.6 Å². The molecule has 0 unspecified atom stereocenters. The number of fused-ring (bicyclic) bond motifs is 1. The standard InChI is InChI=1S/C20H22F2N6O2/c1-25-12-15(10-23-25)14-2-3-17-18(11-24-28(17)13-14)26-4-6-27(7-5-26)19(29)30-16-8-20(21,22)9-16/h2-3,10-13,16H,4-9H2,1H3. The van der Waals surface area contributed by atoms with Crippen molar-refractivity contribution < 1.29 is 18.3 Å². The number of carbonyl (C=O) groups excluding carboxylic acids is 1. The van der Waals surface area contributed by atoms with E-state index >= 15 is 0 Å². The van der Waals surface area contributed by atoms with E-state index in [4.69, 9.17) is 4.74 Å². The van der Waals surface area contributed by atoms with Gasteiger partial charge in [-0.15, -0.1) is 0 Å². The number of aromatic nitrogens is 4. The molecular formula is C20H22F2N6O2. The van der Waals surface area contributed by atoms with Crippen LogP contribution in [0.4, 0.5) is 19.3 Å². The maximum atomic E-state index is 12.9. The molecule has 3 aromatic heterocycles. The number of pyridine rings is 1. The molecule has 0 atom stereocenters. The molecule has 0 spiro atoms. The first kappa shape index (κ1) is 18.8. The number of carbonyl (C=O) groups is 1. The van der Waals surface area contributed by atoms with Crippen LogP contribution in [0.25, 0.3) is 16.6 Å². The second-order valence-corrected chi connectivity index (χ2v) is 7.92. The predicted molar refractivity (Wildman–Crippen MR) is 106 cm³/mol. The molecule has 4 heterocycles. The van der Waals surface area contributed by atoms with E-state index in [0.29, 0.717) is 26.2 Å². The fourth-order valence-electron chi connectivity index (χ4n) is 3.99. The van der Waals surface area contributed by atoms with Crippen LogP contribution in [0, 0.1) is 0 Å². The van der Waals surface area contributed by atoms with Gasteiger partial charge in [0.1, 0.15) is 6.10 Å². The van der Waals surface area contributed by atoms with Gasteiger partial charge in [-0.05, 0) is 6.07 Å². The summed E-state index contributed by atoms with van der Waals surface area (Å²) in [7, 11) is 1.88. The number of hydrogen-bond donors (Lipinski definition) is 0.